The Kier molecular flexibility index (Phi) is 8.23. The molecule has 0 aromatic heterocycles. The Morgan fingerprint density at radius 3 is 2.00 bits per heavy atom. The molecule has 0 spiro atoms. The van der Waals surface area contributed by atoms with Gasteiger partial charge in [0.25, 0.3) is 8.32 Å². The van der Waals surface area contributed by atoms with Gasteiger partial charge in [0.05, 0.1) is 0 Å². The lowest BCUT2D eigenvalue weighted by molar-refractivity contribution is 0.0977. The minimum absolute atomic E-state index is 0.0556. The highest BCUT2D eigenvalue weighted by Crippen LogP contribution is 2.36. The second-order valence-corrected chi connectivity index (χ2v) is 12.5. The lowest BCUT2D eigenvalue weighted by Gasteiger charge is -2.43. The van der Waals surface area contributed by atoms with Crippen LogP contribution in [0.3, 0.4) is 0 Å². The number of ether oxygens (including phenoxy) is 1. The van der Waals surface area contributed by atoms with Gasteiger partial charge in [0.2, 0.25) is 0 Å². The number of benzene rings is 2. The molecule has 29 heavy (non-hydrogen) atoms. The number of carbonyl (C=O) groups is 1. The van der Waals surface area contributed by atoms with Gasteiger partial charge < -0.3 is 14.9 Å². The van der Waals surface area contributed by atoms with Crippen molar-refractivity contribution < 1.29 is 14.0 Å². The van der Waals surface area contributed by atoms with Crippen LogP contribution in [0.15, 0.2) is 73.3 Å². The summed E-state index contributed by atoms with van der Waals surface area (Å²) in [6.45, 7) is 11.1. The molecule has 1 amide bonds. The van der Waals surface area contributed by atoms with Crippen molar-refractivity contribution in [3.05, 3.63) is 73.3 Å². The lowest BCUT2D eigenvalue weighted by atomic mass is 10.1. The second-order valence-electron chi connectivity index (χ2n) is 8.24. The van der Waals surface area contributed by atoms with E-state index in [1.165, 1.54) is 10.4 Å². The zero-order valence-electron chi connectivity index (χ0n) is 17.8. The molecular weight excluding hydrogens is 378 g/mol. The standard InChI is InChI=1S/C24H33NO3Si/c1-5-13-20(28-23(25)26)14-12-19-27-29(24(2,3)4,21-15-8-6-9-16-21)22-17-10-7-11-18-22/h5-11,15-18,20H,1,12-14,19H2,2-4H3,(H2,25,26). The molecule has 0 aliphatic heterocycles. The van der Waals surface area contributed by atoms with Gasteiger partial charge in [0.15, 0.2) is 0 Å². The van der Waals surface area contributed by atoms with E-state index in [0.717, 1.165) is 6.42 Å². The minimum atomic E-state index is -2.52. The van der Waals surface area contributed by atoms with Crippen LogP contribution < -0.4 is 16.1 Å². The van der Waals surface area contributed by atoms with Gasteiger partial charge in [-0.25, -0.2) is 4.79 Å². The maximum Gasteiger partial charge on any atom is 0.404 e. The molecule has 2 N–H and O–H groups in total. The molecule has 0 radical (unpaired) electrons. The number of primary amides is 1. The molecular formula is C24H33NO3Si. The zero-order chi connectivity index (χ0) is 21.3. The van der Waals surface area contributed by atoms with E-state index in [-0.39, 0.29) is 11.1 Å². The Morgan fingerprint density at radius 2 is 1.59 bits per heavy atom. The molecule has 0 saturated heterocycles. The monoisotopic (exact) mass is 411 g/mol. The van der Waals surface area contributed by atoms with E-state index in [4.69, 9.17) is 14.9 Å². The fraction of sp³-hybridized carbons (Fsp3) is 0.375. The second kappa shape index (κ2) is 10.4. The summed E-state index contributed by atoms with van der Waals surface area (Å²) in [5.74, 6) is 0. The fourth-order valence-electron chi connectivity index (χ4n) is 3.87. The van der Waals surface area contributed by atoms with Gasteiger partial charge in [0.1, 0.15) is 6.10 Å². The summed E-state index contributed by atoms with van der Waals surface area (Å²) >= 11 is 0. The van der Waals surface area contributed by atoms with Crippen LogP contribution in [-0.4, -0.2) is 27.1 Å². The Morgan fingerprint density at radius 1 is 1.07 bits per heavy atom. The zero-order valence-corrected chi connectivity index (χ0v) is 18.8. The van der Waals surface area contributed by atoms with Crippen molar-refractivity contribution in [1.29, 1.82) is 0 Å². The van der Waals surface area contributed by atoms with Crippen molar-refractivity contribution in [2.75, 3.05) is 6.61 Å². The summed E-state index contributed by atoms with van der Waals surface area (Å²) in [7, 11) is -2.52. The van der Waals surface area contributed by atoms with E-state index in [1.807, 2.05) is 12.1 Å². The Balaban J connectivity index is 2.27. The highest BCUT2D eigenvalue weighted by molar-refractivity contribution is 6.99. The van der Waals surface area contributed by atoms with E-state index in [9.17, 15) is 4.79 Å². The SMILES string of the molecule is C=CCC(CCCO[Si](c1ccccc1)(c1ccccc1)C(C)(C)C)OC(N)=O. The molecule has 2 rings (SSSR count). The van der Waals surface area contributed by atoms with Gasteiger partial charge in [-0.05, 0) is 28.3 Å². The van der Waals surface area contributed by atoms with Crippen LogP contribution in [-0.2, 0) is 9.16 Å². The van der Waals surface area contributed by atoms with E-state index in [1.54, 1.807) is 6.08 Å². The van der Waals surface area contributed by atoms with Crippen molar-refractivity contribution in [3.63, 3.8) is 0 Å². The third kappa shape index (κ3) is 5.81. The normalized spacial score (nSPS) is 12.9. The Labute approximate surface area is 175 Å². The molecule has 1 unspecified atom stereocenters. The third-order valence-corrected chi connectivity index (χ3v) is 10.2. The molecule has 0 bridgehead atoms. The number of hydrogen-bond acceptors (Lipinski definition) is 3. The van der Waals surface area contributed by atoms with Gasteiger partial charge in [0, 0.05) is 13.0 Å². The molecule has 2 aromatic rings. The quantitative estimate of drug-likeness (QED) is 0.358. The van der Waals surface area contributed by atoms with E-state index >= 15 is 0 Å². The maximum absolute atomic E-state index is 11.1. The molecule has 5 heteroatoms. The average Bonchev–Trinajstić information content (AvgIpc) is 2.68. The van der Waals surface area contributed by atoms with Crippen LogP contribution in [0.1, 0.15) is 40.0 Å². The first-order chi connectivity index (χ1) is 13.8. The smallest absolute Gasteiger partial charge is 0.404 e. The van der Waals surface area contributed by atoms with Crippen LogP contribution >= 0.6 is 0 Å². The van der Waals surface area contributed by atoms with Crippen molar-refractivity contribution in [2.24, 2.45) is 5.73 Å². The number of hydrogen-bond donors (Lipinski definition) is 1. The number of nitrogens with two attached hydrogens (primary N) is 1. The molecule has 1 atom stereocenters. The van der Waals surface area contributed by atoms with Crippen LogP contribution in [0.2, 0.25) is 5.04 Å². The fourth-order valence-corrected chi connectivity index (χ4v) is 8.48. The first-order valence-corrected chi connectivity index (χ1v) is 12.0. The van der Waals surface area contributed by atoms with Gasteiger partial charge in [-0.3, -0.25) is 0 Å². The van der Waals surface area contributed by atoms with E-state index in [0.29, 0.717) is 19.4 Å². The van der Waals surface area contributed by atoms with Gasteiger partial charge in [-0.2, -0.15) is 0 Å². The van der Waals surface area contributed by atoms with Crippen LogP contribution in [0.25, 0.3) is 0 Å². The van der Waals surface area contributed by atoms with Crippen LogP contribution in [0.5, 0.6) is 0 Å². The molecule has 0 fully saturated rings. The third-order valence-electron chi connectivity index (χ3n) is 5.12. The first kappa shape index (κ1) is 22.9. The van der Waals surface area contributed by atoms with Gasteiger partial charge in [-0.15, -0.1) is 6.58 Å². The maximum atomic E-state index is 11.1. The summed E-state index contributed by atoms with van der Waals surface area (Å²) in [6.07, 6.45) is 2.79. The molecule has 2 aromatic carbocycles. The van der Waals surface area contributed by atoms with Crippen molar-refractivity contribution in [3.8, 4) is 0 Å². The van der Waals surface area contributed by atoms with Crippen LogP contribution in [0.4, 0.5) is 4.79 Å². The highest BCUT2D eigenvalue weighted by atomic mass is 28.4. The van der Waals surface area contributed by atoms with Gasteiger partial charge >= 0.3 is 6.09 Å². The van der Waals surface area contributed by atoms with E-state index in [2.05, 4.69) is 75.9 Å². The number of amides is 1. The summed E-state index contributed by atoms with van der Waals surface area (Å²) < 4.78 is 12.0. The van der Waals surface area contributed by atoms with Crippen molar-refractivity contribution in [1.82, 2.24) is 0 Å². The average molecular weight is 412 g/mol. The summed E-state index contributed by atoms with van der Waals surface area (Å²) in [4.78, 5) is 11.1. The van der Waals surface area contributed by atoms with Crippen molar-refractivity contribution >= 4 is 24.8 Å². The molecule has 0 saturated carbocycles. The predicted molar refractivity (Wildman–Crippen MR) is 122 cm³/mol. The number of rotatable bonds is 10. The molecule has 4 nitrogen and oxygen atoms in total. The molecule has 0 aliphatic carbocycles. The highest BCUT2D eigenvalue weighted by Gasteiger charge is 2.49. The first-order valence-electron chi connectivity index (χ1n) is 10.1. The Hall–Kier alpha value is -2.37. The predicted octanol–water partition coefficient (Wildman–Crippen LogP) is 4.38. The largest absolute Gasteiger partial charge is 0.446 e. The number of carbonyl (C=O) groups excluding carboxylic acids is 1. The topological polar surface area (TPSA) is 61.6 Å². The summed E-state index contributed by atoms with van der Waals surface area (Å²) in [5.41, 5.74) is 5.19. The summed E-state index contributed by atoms with van der Waals surface area (Å²) in [5, 5.41) is 2.46. The van der Waals surface area contributed by atoms with Crippen LogP contribution in [0, 0.1) is 0 Å². The Bertz CT molecular complexity index is 732. The van der Waals surface area contributed by atoms with Crippen molar-refractivity contribution in [2.45, 2.75) is 51.2 Å². The molecule has 0 heterocycles. The molecule has 156 valence electrons. The minimum Gasteiger partial charge on any atom is -0.446 e. The lowest BCUT2D eigenvalue weighted by Crippen LogP contribution is -2.66. The molecule has 0 aliphatic rings. The van der Waals surface area contributed by atoms with E-state index < -0.39 is 14.4 Å². The summed E-state index contributed by atoms with van der Waals surface area (Å²) in [6, 6.07) is 21.1. The van der Waals surface area contributed by atoms with Gasteiger partial charge in [-0.1, -0.05) is 87.5 Å².